The highest BCUT2D eigenvalue weighted by Gasteiger charge is 2.30. The Morgan fingerprint density at radius 1 is 1.05 bits per heavy atom. The van der Waals surface area contributed by atoms with Gasteiger partial charge in [0.15, 0.2) is 0 Å². The Balaban J connectivity index is 2.37. The van der Waals surface area contributed by atoms with Gasteiger partial charge in [0.25, 0.3) is 0 Å². The van der Waals surface area contributed by atoms with Gasteiger partial charge in [-0.3, -0.25) is 0 Å². The SMILES string of the molecule is Cc1cc(N(C)C)ncc1-c1ccc(C(F)(F)F)cc1. The summed E-state index contributed by atoms with van der Waals surface area (Å²) in [6, 6.07) is 7.04. The van der Waals surface area contributed by atoms with Gasteiger partial charge >= 0.3 is 6.18 Å². The number of aromatic nitrogens is 1. The molecule has 1 heterocycles. The third-order valence-electron chi connectivity index (χ3n) is 3.08. The predicted molar refractivity (Wildman–Crippen MR) is 73.7 cm³/mol. The fourth-order valence-corrected chi connectivity index (χ4v) is 1.93. The van der Waals surface area contributed by atoms with Gasteiger partial charge in [-0.1, -0.05) is 12.1 Å². The fraction of sp³-hybridized carbons (Fsp3) is 0.267. The molecular formula is C15H15F3N2. The van der Waals surface area contributed by atoms with Gasteiger partial charge in [-0.05, 0) is 36.2 Å². The minimum Gasteiger partial charge on any atom is -0.363 e. The van der Waals surface area contributed by atoms with Gasteiger partial charge in [0.05, 0.1) is 5.56 Å². The van der Waals surface area contributed by atoms with Gasteiger partial charge in [-0.2, -0.15) is 13.2 Å². The van der Waals surface area contributed by atoms with Gasteiger partial charge in [0, 0.05) is 25.9 Å². The smallest absolute Gasteiger partial charge is 0.363 e. The van der Waals surface area contributed by atoms with E-state index in [1.54, 1.807) is 6.20 Å². The van der Waals surface area contributed by atoms with Crippen LogP contribution in [0.4, 0.5) is 19.0 Å². The highest BCUT2D eigenvalue weighted by Crippen LogP contribution is 2.32. The van der Waals surface area contributed by atoms with Crippen LogP contribution < -0.4 is 4.90 Å². The zero-order valence-electron chi connectivity index (χ0n) is 11.5. The molecule has 0 spiro atoms. The number of anilines is 1. The molecule has 20 heavy (non-hydrogen) atoms. The fourth-order valence-electron chi connectivity index (χ4n) is 1.93. The molecule has 0 saturated heterocycles. The van der Waals surface area contributed by atoms with Crippen LogP contribution in [0.5, 0.6) is 0 Å². The lowest BCUT2D eigenvalue weighted by atomic mass is 10.0. The molecule has 0 bridgehead atoms. The maximum absolute atomic E-state index is 12.5. The van der Waals surface area contributed by atoms with Gasteiger partial charge in [-0.15, -0.1) is 0 Å². The summed E-state index contributed by atoms with van der Waals surface area (Å²) in [5, 5.41) is 0. The number of pyridine rings is 1. The summed E-state index contributed by atoms with van der Waals surface area (Å²) in [6.07, 6.45) is -2.62. The molecule has 2 nitrogen and oxygen atoms in total. The maximum atomic E-state index is 12.5. The zero-order valence-corrected chi connectivity index (χ0v) is 11.5. The van der Waals surface area contributed by atoms with E-state index in [2.05, 4.69) is 4.98 Å². The summed E-state index contributed by atoms with van der Waals surface area (Å²) < 4.78 is 37.6. The minimum atomic E-state index is -4.30. The summed E-state index contributed by atoms with van der Waals surface area (Å²) >= 11 is 0. The Labute approximate surface area is 115 Å². The molecule has 2 rings (SSSR count). The van der Waals surface area contributed by atoms with E-state index in [1.165, 1.54) is 12.1 Å². The van der Waals surface area contributed by atoms with Crippen LogP contribution in [-0.2, 0) is 6.18 Å². The molecule has 0 fully saturated rings. The van der Waals surface area contributed by atoms with E-state index in [1.807, 2.05) is 32.0 Å². The van der Waals surface area contributed by atoms with Crippen LogP contribution >= 0.6 is 0 Å². The minimum absolute atomic E-state index is 0.642. The first-order valence-corrected chi connectivity index (χ1v) is 6.10. The maximum Gasteiger partial charge on any atom is 0.416 e. The molecule has 0 aliphatic rings. The first-order valence-electron chi connectivity index (χ1n) is 6.10. The average molecular weight is 280 g/mol. The summed E-state index contributed by atoms with van der Waals surface area (Å²) in [6.45, 7) is 1.92. The van der Waals surface area contributed by atoms with Crippen LogP contribution in [-0.4, -0.2) is 19.1 Å². The molecule has 2 aromatic rings. The highest BCUT2D eigenvalue weighted by atomic mass is 19.4. The predicted octanol–water partition coefficient (Wildman–Crippen LogP) is 4.14. The molecule has 0 radical (unpaired) electrons. The number of hydrogen-bond acceptors (Lipinski definition) is 2. The van der Waals surface area contributed by atoms with E-state index < -0.39 is 11.7 Å². The van der Waals surface area contributed by atoms with E-state index in [9.17, 15) is 13.2 Å². The van der Waals surface area contributed by atoms with Crippen LogP contribution in [0.1, 0.15) is 11.1 Å². The van der Waals surface area contributed by atoms with Crippen LogP contribution in [0.25, 0.3) is 11.1 Å². The van der Waals surface area contributed by atoms with Gasteiger partial charge < -0.3 is 4.90 Å². The molecular weight excluding hydrogens is 265 g/mol. The van der Waals surface area contributed by atoms with Crippen molar-refractivity contribution in [2.24, 2.45) is 0 Å². The molecule has 5 heteroatoms. The Morgan fingerprint density at radius 2 is 1.65 bits per heavy atom. The number of alkyl halides is 3. The number of aryl methyl sites for hydroxylation is 1. The number of nitrogens with zero attached hydrogens (tertiary/aromatic N) is 2. The van der Waals surface area contributed by atoms with Crippen molar-refractivity contribution >= 4 is 5.82 Å². The second-order valence-electron chi connectivity index (χ2n) is 4.83. The molecule has 0 aliphatic carbocycles. The van der Waals surface area contributed by atoms with Crippen LogP contribution in [0, 0.1) is 6.92 Å². The van der Waals surface area contributed by atoms with Crippen molar-refractivity contribution in [3.05, 3.63) is 47.7 Å². The molecule has 0 atom stereocenters. The van der Waals surface area contributed by atoms with Crippen molar-refractivity contribution in [3.8, 4) is 11.1 Å². The second kappa shape index (κ2) is 5.15. The summed E-state index contributed by atoms with van der Waals surface area (Å²) in [5.41, 5.74) is 1.90. The van der Waals surface area contributed by atoms with Crippen LogP contribution in [0.3, 0.4) is 0 Å². The van der Waals surface area contributed by atoms with Gasteiger partial charge in [0.2, 0.25) is 0 Å². The monoisotopic (exact) mass is 280 g/mol. The molecule has 0 saturated carbocycles. The molecule has 1 aromatic carbocycles. The molecule has 106 valence electrons. The average Bonchev–Trinajstić information content (AvgIpc) is 2.37. The molecule has 0 unspecified atom stereocenters. The Bertz CT molecular complexity index is 602. The van der Waals surface area contributed by atoms with Crippen molar-refractivity contribution in [1.82, 2.24) is 4.98 Å². The largest absolute Gasteiger partial charge is 0.416 e. The highest BCUT2D eigenvalue weighted by molar-refractivity contribution is 5.68. The normalized spacial score (nSPS) is 11.5. The van der Waals surface area contributed by atoms with E-state index in [0.29, 0.717) is 0 Å². The zero-order chi connectivity index (χ0) is 14.9. The number of halogens is 3. The lowest BCUT2D eigenvalue weighted by molar-refractivity contribution is -0.137. The van der Waals surface area contributed by atoms with Crippen molar-refractivity contribution < 1.29 is 13.2 Å². The second-order valence-corrected chi connectivity index (χ2v) is 4.83. The Kier molecular flexibility index (Phi) is 3.70. The lowest BCUT2D eigenvalue weighted by Gasteiger charge is -2.14. The van der Waals surface area contributed by atoms with Gasteiger partial charge in [-0.25, -0.2) is 4.98 Å². The van der Waals surface area contributed by atoms with Crippen LogP contribution in [0.2, 0.25) is 0 Å². The van der Waals surface area contributed by atoms with E-state index in [4.69, 9.17) is 0 Å². The molecule has 0 amide bonds. The van der Waals surface area contributed by atoms with Crippen molar-refractivity contribution in [2.75, 3.05) is 19.0 Å². The summed E-state index contributed by atoms with van der Waals surface area (Å²) in [4.78, 5) is 6.17. The van der Waals surface area contributed by atoms with E-state index in [-0.39, 0.29) is 0 Å². The molecule has 0 N–H and O–H groups in total. The molecule has 1 aromatic heterocycles. The topological polar surface area (TPSA) is 16.1 Å². The third-order valence-corrected chi connectivity index (χ3v) is 3.08. The van der Waals surface area contributed by atoms with E-state index >= 15 is 0 Å². The Morgan fingerprint density at radius 3 is 2.10 bits per heavy atom. The standard InChI is InChI=1S/C15H15F3N2/c1-10-8-14(20(2)3)19-9-13(10)11-4-6-12(7-5-11)15(16,17)18/h4-9H,1-3H3. The molecule has 0 aliphatic heterocycles. The number of benzene rings is 1. The number of rotatable bonds is 2. The Hall–Kier alpha value is -2.04. The van der Waals surface area contributed by atoms with Crippen molar-refractivity contribution in [3.63, 3.8) is 0 Å². The van der Waals surface area contributed by atoms with Gasteiger partial charge in [0.1, 0.15) is 5.82 Å². The first-order chi connectivity index (χ1) is 9.29. The van der Waals surface area contributed by atoms with Crippen LogP contribution in [0.15, 0.2) is 36.5 Å². The summed E-state index contributed by atoms with van der Waals surface area (Å²) in [5.74, 6) is 0.818. The summed E-state index contributed by atoms with van der Waals surface area (Å²) in [7, 11) is 3.78. The first kappa shape index (κ1) is 14.4. The van der Waals surface area contributed by atoms with Crippen molar-refractivity contribution in [2.45, 2.75) is 13.1 Å². The third kappa shape index (κ3) is 2.92. The number of hydrogen-bond donors (Lipinski definition) is 0. The quantitative estimate of drug-likeness (QED) is 0.821. The van der Waals surface area contributed by atoms with E-state index in [0.717, 1.165) is 34.6 Å². The lowest BCUT2D eigenvalue weighted by Crippen LogP contribution is -2.10. The van der Waals surface area contributed by atoms with Crippen molar-refractivity contribution in [1.29, 1.82) is 0 Å².